The van der Waals surface area contributed by atoms with E-state index < -0.39 is 35.0 Å². The number of imidazole rings is 1. The van der Waals surface area contributed by atoms with E-state index >= 15 is 0 Å². The van der Waals surface area contributed by atoms with Crippen LogP contribution in [0.5, 0.6) is 5.75 Å². The molecule has 0 radical (unpaired) electrons. The second-order valence-electron chi connectivity index (χ2n) is 16.6. The number of para-hydroxylation sites is 2. The van der Waals surface area contributed by atoms with Gasteiger partial charge in [0.05, 0.1) is 28.9 Å². The molecule has 11 rings (SSSR count). The molecule has 1 unspecified atom stereocenters. The van der Waals surface area contributed by atoms with Gasteiger partial charge in [0.15, 0.2) is 0 Å². The SMILES string of the molecule is CCC(C)COc1ccc(/C(C(=O)C(F)(F)F)=C(/O)C(F)(F)F)cc1.[Pt].[c-]1cccc2c1c1nccn1c1ccc(-c3ccc4oc5ccc(-n6c7ccccc7c7ccccc76)cc5c4c3)cc21. The van der Waals surface area contributed by atoms with E-state index in [0.29, 0.717) is 6.61 Å². The quantitative estimate of drug-likeness (QED) is 0.0539. The van der Waals surface area contributed by atoms with Gasteiger partial charge in [0.25, 0.3) is 5.78 Å². The molecule has 0 aliphatic heterocycles. The minimum Gasteiger partial charge on any atom is -0.504 e. The average molecular weight is 1110 g/mol. The Morgan fingerprint density at radius 1 is 0.710 bits per heavy atom. The molecule has 0 bridgehead atoms. The van der Waals surface area contributed by atoms with Gasteiger partial charge >= 0.3 is 12.4 Å². The van der Waals surface area contributed by atoms with Crippen molar-refractivity contribution in [3.8, 4) is 22.6 Å². The number of allylic oxidation sites excluding steroid dienone is 2. The van der Waals surface area contributed by atoms with Gasteiger partial charge in [-0.3, -0.25) is 9.78 Å². The van der Waals surface area contributed by atoms with Crippen LogP contribution in [0.15, 0.2) is 168 Å². The third kappa shape index (κ3) is 8.60. The number of halogens is 6. The van der Waals surface area contributed by atoms with Gasteiger partial charge in [0.1, 0.15) is 16.9 Å². The Labute approximate surface area is 404 Å². The summed E-state index contributed by atoms with van der Waals surface area (Å²) in [5, 5.41) is 17.2. The first kappa shape index (κ1) is 46.7. The zero-order chi connectivity index (χ0) is 47.5. The average Bonchev–Trinajstić information content (AvgIpc) is 4.08. The molecule has 69 heavy (non-hydrogen) atoms. The number of benzene rings is 7. The van der Waals surface area contributed by atoms with E-state index in [-0.39, 0.29) is 32.7 Å². The Bertz CT molecular complexity index is 3720. The monoisotopic (exact) mass is 1110 g/mol. The molecule has 0 saturated carbocycles. The number of hydrogen-bond donors (Lipinski definition) is 1. The van der Waals surface area contributed by atoms with Crippen LogP contribution in [0.25, 0.3) is 93.5 Å². The normalized spacial score (nSPS) is 12.9. The van der Waals surface area contributed by atoms with Gasteiger partial charge in [0.2, 0.25) is 5.76 Å². The summed E-state index contributed by atoms with van der Waals surface area (Å²) in [6.45, 7) is 4.14. The molecule has 1 atom stereocenters. The molecule has 350 valence electrons. The molecule has 14 heteroatoms. The Balaban J connectivity index is 0.000000198. The van der Waals surface area contributed by atoms with E-state index in [9.17, 15) is 31.1 Å². The molecule has 0 amide bonds. The van der Waals surface area contributed by atoms with E-state index in [1.165, 1.54) is 27.2 Å². The van der Waals surface area contributed by atoms with Crippen LogP contribution in [0, 0.1) is 12.0 Å². The largest absolute Gasteiger partial charge is 0.504 e. The summed E-state index contributed by atoms with van der Waals surface area (Å²) in [5.74, 6) is -4.95. The number of furan rings is 1. The first-order valence-corrected chi connectivity index (χ1v) is 21.7. The summed E-state index contributed by atoms with van der Waals surface area (Å²) in [6, 6.07) is 50.5. The third-order valence-corrected chi connectivity index (χ3v) is 12.3. The van der Waals surface area contributed by atoms with Crippen molar-refractivity contribution in [1.29, 1.82) is 0 Å². The van der Waals surface area contributed by atoms with E-state index in [1.54, 1.807) is 0 Å². The van der Waals surface area contributed by atoms with Crippen molar-refractivity contribution in [3.05, 3.63) is 175 Å². The first-order chi connectivity index (χ1) is 32.7. The van der Waals surface area contributed by atoms with E-state index in [2.05, 4.69) is 129 Å². The molecular formula is C55H38F6N3O4Pt-. The number of pyridine rings is 1. The van der Waals surface area contributed by atoms with Crippen molar-refractivity contribution in [1.82, 2.24) is 14.0 Å². The number of alkyl halides is 6. The maximum atomic E-state index is 12.6. The molecule has 4 heterocycles. The van der Waals surface area contributed by atoms with Crippen LogP contribution < -0.4 is 4.74 Å². The number of aliphatic hydroxyl groups excluding tert-OH is 1. The Morgan fingerprint density at radius 3 is 1.97 bits per heavy atom. The fraction of sp³-hybridized carbons (Fsp3) is 0.127. The number of ketones is 1. The molecule has 7 nitrogen and oxygen atoms in total. The number of ether oxygens (including phenoxy) is 1. The summed E-state index contributed by atoms with van der Waals surface area (Å²) < 4.78 is 91.7. The number of aromatic nitrogens is 3. The van der Waals surface area contributed by atoms with Crippen molar-refractivity contribution in [2.75, 3.05) is 6.61 Å². The van der Waals surface area contributed by atoms with Gasteiger partial charge in [-0.25, -0.2) is 0 Å². The molecular weight excluding hydrogens is 1080 g/mol. The van der Waals surface area contributed by atoms with Gasteiger partial charge in [-0.05, 0) is 88.7 Å². The van der Waals surface area contributed by atoms with Gasteiger partial charge in [-0.15, -0.1) is 29.7 Å². The summed E-state index contributed by atoms with van der Waals surface area (Å²) >= 11 is 0. The Morgan fingerprint density at radius 2 is 1.32 bits per heavy atom. The van der Waals surface area contributed by atoms with Gasteiger partial charge < -0.3 is 23.2 Å². The van der Waals surface area contributed by atoms with E-state index in [1.807, 2.05) is 38.4 Å². The van der Waals surface area contributed by atoms with E-state index in [0.717, 1.165) is 91.4 Å². The van der Waals surface area contributed by atoms with Gasteiger partial charge in [-0.2, -0.15) is 26.3 Å². The summed E-state index contributed by atoms with van der Waals surface area (Å²) in [4.78, 5) is 15.9. The number of hydrogen-bond acceptors (Lipinski definition) is 5. The number of rotatable bonds is 8. The predicted octanol–water partition coefficient (Wildman–Crippen LogP) is 15.2. The smallest absolute Gasteiger partial charge is 0.455 e. The molecule has 7 aromatic carbocycles. The number of fused-ring (bicyclic) bond motifs is 12. The molecule has 0 aliphatic rings. The van der Waals surface area contributed by atoms with Crippen molar-refractivity contribution in [2.45, 2.75) is 32.6 Å². The van der Waals surface area contributed by atoms with Crippen LogP contribution >= 0.6 is 0 Å². The van der Waals surface area contributed by atoms with E-state index in [4.69, 9.17) is 14.3 Å². The van der Waals surface area contributed by atoms with Crippen molar-refractivity contribution >= 4 is 82.4 Å². The Kier molecular flexibility index (Phi) is 12.4. The molecule has 0 aliphatic carbocycles. The van der Waals surface area contributed by atoms with Crippen LogP contribution in [0.2, 0.25) is 0 Å². The molecule has 1 N–H and O–H groups in total. The van der Waals surface area contributed by atoms with Crippen LogP contribution in [-0.4, -0.2) is 43.8 Å². The summed E-state index contributed by atoms with van der Waals surface area (Å²) in [7, 11) is 0. The van der Waals surface area contributed by atoms with Crippen LogP contribution in [0.1, 0.15) is 25.8 Å². The minimum atomic E-state index is -5.57. The van der Waals surface area contributed by atoms with Crippen molar-refractivity contribution in [3.63, 3.8) is 0 Å². The number of nitrogens with zero attached hydrogens (tertiary/aromatic N) is 3. The van der Waals surface area contributed by atoms with Crippen LogP contribution in [0.3, 0.4) is 0 Å². The number of aliphatic hydroxyl groups is 1. The predicted molar refractivity (Wildman–Crippen MR) is 254 cm³/mol. The van der Waals surface area contributed by atoms with Crippen LogP contribution in [-0.2, 0) is 25.9 Å². The standard InChI is InChI=1S/C39H22N3O.C16H16F6O3.Pt/c1-2-10-30-27(7-1)31-21-24(13-16-34(31)41-20-19-40-39(30)41)25-14-17-37-32(22-25)33-23-26(15-18-38(33)43-37)42-35-11-5-3-8-28(35)29-9-4-6-12-36(29)42;1-3-9(2)8-25-11-6-4-10(5-7-11)12(13(23)15(17,18)19)14(24)16(20,21)22;/h1-9,11-23H;4-7,9,23H,3,8H2,1-2H3;/q-1;;/b;13-12-;. The minimum absolute atomic E-state index is 0. The topological polar surface area (TPSA) is 81.9 Å². The summed E-state index contributed by atoms with van der Waals surface area (Å²) in [5.41, 5.74) is 7.10. The number of Topliss-reactive ketones (excluding diaryl/α,β-unsaturated/α-hetero) is 1. The second-order valence-corrected chi connectivity index (χ2v) is 16.6. The number of carbonyl (C=O) groups excluding carboxylic acids is 1. The van der Waals surface area contributed by atoms with Crippen molar-refractivity contribution in [2.24, 2.45) is 5.92 Å². The fourth-order valence-electron chi connectivity index (χ4n) is 8.69. The maximum absolute atomic E-state index is 12.6. The first-order valence-electron chi connectivity index (χ1n) is 21.7. The zero-order valence-electron chi connectivity index (χ0n) is 36.6. The molecule has 11 aromatic rings. The second kappa shape index (κ2) is 18.3. The van der Waals surface area contributed by atoms with Crippen molar-refractivity contribution < 1.29 is 66.5 Å². The molecule has 0 spiro atoms. The molecule has 0 saturated heterocycles. The number of carbonyl (C=O) groups is 1. The fourth-order valence-corrected chi connectivity index (χ4v) is 8.69. The maximum Gasteiger partial charge on any atom is 0.455 e. The summed E-state index contributed by atoms with van der Waals surface area (Å²) in [6.07, 6.45) is -6.36. The molecule has 4 aromatic heterocycles. The van der Waals surface area contributed by atoms with Crippen LogP contribution in [0.4, 0.5) is 26.3 Å². The van der Waals surface area contributed by atoms with Gasteiger partial charge in [0, 0.05) is 66.2 Å². The molecule has 0 fully saturated rings. The van der Waals surface area contributed by atoms with Gasteiger partial charge in [-0.1, -0.05) is 92.4 Å². The Hall–Kier alpha value is -7.37. The third-order valence-electron chi connectivity index (χ3n) is 12.3. The zero-order valence-corrected chi connectivity index (χ0v) is 38.9.